The predicted octanol–water partition coefficient (Wildman–Crippen LogP) is 4.09. The highest BCUT2D eigenvalue weighted by molar-refractivity contribution is 6.58. The summed E-state index contributed by atoms with van der Waals surface area (Å²) in [6, 6.07) is 25.7. The van der Waals surface area contributed by atoms with Crippen molar-refractivity contribution in [3.05, 3.63) is 78.9 Å². The molecule has 0 aliphatic heterocycles. The van der Waals surface area contributed by atoms with E-state index in [2.05, 4.69) is 24.3 Å². The van der Waals surface area contributed by atoms with E-state index in [1.807, 2.05) is 42.5 Å². The van der Waals surface area contributed by atoms with Crippen LogP contribution in [0.25, 0.3) is 43.8 Å². The number of benzene rings is 4. The second-order valence-corrected chi connectivity index (χ2v) is 6.44. The molecule has 4 heteroatoms. The van der Waals surface area contributed by atoms with Gasteiger partial charge in [-0.3, -0.25) is 0 Å². The number of rotatable bonds is 2. The van der Waals surface area contributed by atoms with Crippen LogP contribution in [0.3, 0.4) is 0 Å². The van der Waals surface area contributed by atoms with Crippen molar-refractivity contribution in [3.63, 3.8) is 0 Å². The van der Waals surface area contributed by atoms with Gasteiger partial charge in [0.1, 0.15) is 11.2 Å². The molecule has 0 fully saturated rings. The Hall–Kier alpha value is -3.08. The van der Waals surface area contributed by atoms with E-state index in [1.165, 1.54) is 10.8 Å². The fourth-order valence-electron chi connectivity index (χ4n) is 3.66. The lowest BCUT2D eigenvalue weighted by molar-refractivity contribution is 0.426. The SMILES string of the molecule is OB(O)c1ccc(-c2cccc3oc4ccc5ccccc5c4c23)cc1. The van der Waals surface area contributed by atoms with Crippen LogP contribution >= 0.6 is 0 Å². The van der Waals surface area contributed by atoms with E-state index in [1.54, 1.807) is 12.1 Å². The highest BCUT2D eigenvalue weighted by Gasteiger charge is 2.16. The van der Waals surface area contributed by atoms with Crippen molar-refractivity contribution in [2.45, 2.75) is 0 Å². The van der Waals surface area contributed by atoms with Gasteiger partial charge in [-0.1, -0.05) is 66.7 Å². The van der Waals surface area contributed by atoms with Crippen LogP contribution in [0, 0.1) is 0 Å². The molecule has 0 bridgehead atoms. The molecule has 0 atom stereocenters. The van der Waals surface area contributed by atoms with Crippen LogP contribution < -0.4 is 5.46 Å². The van der Waals surface area contributed by atoms with Crippen molar-refractivity contribution in [3.8, 4) is 11.1 Å². The molecule has 0 amide bonds. The molecular weight excluding hydrogens is 323 g/mol. The minimum atomic E-state index is -1.46. The molecular formula is C22H15BO3. The van der Waals surface area contributed by atoms with Gasteiger partial charge in [0, 0.05) is 10.8 Å². The normalized spacial score (nSPS) is 11.5. The van der Waals surface area contributed by atoms with E-state index in [9.17, 15) is 10.0 Å². The van der Waals surface area contributed by atoms with Gasteiger partial charge in [-0.05, 0) is 39.5 Å². The number of furan rings is 1. The third-order valence-electron chi connectivity index (χ3n) is 4.91. The fraction of sp³-hybridized carbons (Fsp3) is 0. The molecule has 5 aromatic rings. The van der Waals surface area contributed by atoms with E-state index >= 15 is 0 Å². The summed E-state index contributed by atoms with van der Waals surface area (Å²) in [5.41, 5.74) is 4.27. The average Bonchev–Trinajstić information content (AvgIpc) is 3.07. The highest BCUT2D eigenvalue weighted by Crippen LogP contribution is 2.39. The molecule has 0 saturated carbocycles. The molecule has 0 aliphatic rings. The summed E-state index contributed by atoms with van der Waals surface area (Å²) in [4.78, 5) is 0. The van der Waals surface area contributed by atoms with Crippen LogP contribution in [0.15, 0.2) is 83.3 Å². The number of hydrogen-bond acceptors (Lipinski definition) is 3. The van der Waals surface area contributed by atoms with Gasteiger partial charge < -0.3 is 14.5 Å². The molecule has 4 aromatic carbocycles. The van der Waals surface area contributed by atoms with E-state index < -0.39 is 7.12 Å². The average molecular weight is 338 g/mol. The third kappa shape index (κ3) is 2.24. The Balaban J connectivity index is 1.87. The smallest absolute Gasteiger partial charge is 0.456 e. The lowest BCUT2D eigenvalue weighted by Crippen LogP contribution is -2.29. The molecule has 2 N–H and O–H groups in total. The van der Waals surface area contributed by atoms with Gasteiger partial charge in [0.15, 0.2) is 0 Å². The quantitative estimate of drug-likeness (QED) is 0.477. The molecule has 1 aromatic heterocycles. The van der Waals surface area contributed by atoms with E-state index in [0.717, 1.165) is 33.1 Å². The largest absolute Gasteiger partial charge is 0.488 e. The summed E-state index contributed by atoms with van der Waals surface area (Å²) in [6.45, 7) is 0. The van der Waals surface area contributed by atoms with Gasteiger partial charge in [0.2, 0.25) is 0 Å². The molecule has 3 nitrogen and oxygen atoms in total. The Morgan fingerprint density at radius 1 is 0.654 bits per heavy atom. The van der Waals surface area contributed by atoms with Crippen LogP contribution in [0.4, 0.5) is 0 Å². The van der Waals surface area contributed by atoms with Gasteiger partial charge in [0.25, 0.3) is 0 Å². The zero-order chi connectivity index (χ0) is 17.7. The van der Waals surface area contributed by atoms with Gasteiger partial charge in [-0.25, -0.2) is 0 Å². The first-order chi connectivity index (χ1) is 12.7. The second-order valence-electron chi connectivity index (χ2n) is 6.44. The Labute approximate surface area is 150 Å². The van der Waals surface area contributed by atoms with Crippen LogP contribution in [0.5, 0.6) is 0 Å². The third-order valence-corrected chi connectivity index (χ3v) is 4.91. The maximum Gasteiger partial charge on any atom is 0.488 e. The summed E-state index contributed by atoms with van der Waals surface area (Å²) in [5.74, 6) is 0. The molecule has 0 radical (unpaired) electrons. The van der Waals surface area contributed by atoms with Gasteiger partial charge in [0.05, 0.1) is 0 Å². The Kier molecular flexibility index (Phi) is 3.35. The summed E-state index contributed by atoms with van der Waals surface area (Å²) in [7, 11) is -1.46. The predicted molar refractivity (Wildman–Crippen MR) is 106 cm³/mol. The standard InChI is InChI=1S/C22H15BO3/c24-23(25)16-11-8-15(9-12-16)18-6-3-7-19-21(18)22-17-5-2-1-4-14(17)10-13-20(22)26-19/h1-13,24-25H. The van der Waals surface area contributed by atoms with Crippen molar-refractivity contribution < 1.29 is 14.5 Å². The second kappa shape index (κ2) is 5.73. The molecule has 26 heavy (non-hydrogen) atoms. The van der Waals surface area contributed by atoms with E-state index in [-0.39, 0.29) is 0 Å². The van der Waals surface area contributed by atoms with Gasteiger partial charge in [-0.2, -0.15) is 0 Å². The minimum Gasteiger partial charge on any atom is -0.456 e. The molecule has 124 valence electrons. The Bertz CT molecular complexity index is 1250. The molecule has 0 aliphatic carbocycles. The van der Waals surface area contributed by atoms with Crippen LogP contribution in [-0.2, 0) is 0 Å². The van der Waals surface area contributed by atoms with Crippen LogP contribution in [0.1, 0.15) is 0 Å². The molecule has 0 saturated heterocycles. The minimum absolute atomic E-state index is 0.475. The number of hydrogen-bond donors (Lipinski definition) is 2. The van der Waals surface area contributed by atoms with Gasteiger partial charge in [-0.15, -0.1) is 0 Å². The maximum absolute atomic E-state index is 9.32. The molecule has 5 rings (SSSR count). The highest BCUT2D eigenvalue weighted by atomic mass is 16.4. The van der Waals surface area contributed by atoms with Crippen molar-refractivity contribution in [2.75, 3.05) is 0 Å². The molecule has 1 heterocycles. The zero-order valence-corrected chi connectivity index (χ0v) is 13.9. The lowest BCUT2D eigenvalue weighted by Gasteiger charge is -2.06. The van der Waals surface area contributed by atoms with E-state index in [4.69, 9.17) is 4.42 Å². The summed E-state index contributed by atoms with van der Waals surface area (Å²) >= 11 is 0. The summed E-state index contributed by atoms with van der Waals surface area (Å²) < 4.78 is 6.10. The van der Waals surface area contributed by atoms with Crippen LogP contribution in [-0.4, -0.2) is 17.2 Å². The van der Waals surface area contributed by atoms with Crippen molar-refractivity contribution in [2.24, 2.45) is 0 Å². The summed E-state index contributed by atoms with van der Waals surface area (Å²) in [5, 5.41) is 23.2. The summed E-state index contributed by atoms with van der Waals surface area (Å²) in [6.07, 6.45) is 0. The van der Waals surface area contributed by atoms with E-state index in [0.29, 0.717) is 5.46 Å². The van der Waals surface area contributed by atoms with Crippen molar-refractivity contribution in [1.29, 1.82) is 0 Å². The molecule has 0 spiro atoms. The monoisotopic (exact) mass is 338 g/mol. The fourth-order valence-corrected chi connectivity index (χ4v) is 3.66. The Morgan fingerprint density at radius 3 is 2.23 bits per heavy atom. The van der Waals surface area contributed by atoms with Crippen LogP contribution in [0.2, 0.25) is 0 Å². The topological polar surface area (TPSA) is 53.6 Å². The first-order valence-electron chi connectivity index (χ1n) is 8.52. The Morgan fingerprint density at radius 2 is 1.42 bits per heavy atom. The zero-order valence-electron chi connectivity index (χ0n) is 13.9. The lowest BCUT2D eigenvalue weighted by atomic mass is 9.79. The molecule has 0 unspecified atom stereocenters. The maximum atomic E-state index is 9.32. The van der Waals surface area contributed by atoms with Gasteiger partial charge >= 0.3 is 7.12 Å². The van der Waals surface area contributed by atoms with Crippen molar-refractivity contribution in [1.82, 2.24) is 0 Å². The number of fused-ring (bicyclic) bond motifs is 5. The first-order valence-corrected chi connectivity index (χ1v) is 8.52. The van der Waals surface area contributed by atoms with Crippen molar-refractivity contribution >= 4 is 45.3 Å². The first kappa shape index (κ1) is 15.2.